The van der Waals surface area contributed by atoms with Crippen LogP contribution in [0.15, 0.2) is 0 Å². The van der Waals surface area contributed by atoms with Gasteiger partial charge in [-0.25, -0.2) is 0 Å². The molecule has 13 heavy (non-hydrogen) atoms. The molecule has 0 amide bonds. The summed E-state index contributed by atoms with van der Waals surface area (Å²) in [5.41, 5.74) is 0. The minimum atomic E-state index is -0.757. The van der Waals surface area contributed by atoms with Crippen LogP contribution in [0.2, 0.25) is 0 Å². The molecule has 0 saturated carbocycles. The topological polar surface area (TPSA) is 60.8 Å². The summed E-state index contributed by atoms with van der Waals surface area (Å²) in [5.74, 6) is -0.757. The molecular formula is C9H19NO3. The Bertz CT molecular complexity index is 148. The van der Waals surface area contributed by atoms with Gasteiger partial charge < -0.3 is 10.2 Å². The van der Waals surface area contributed by atoms with Gasteiger partial charge in [0, 0.05) is 19.0 Å². The highest BCUT2D eigenvalue weighted by Crippen LogP contribution is 2.00. The fourth-order valence-corrected chi connectivity index (χ4v) is 1.19. The number of aliphatic carboxylic acids is 1. The quantitative estimate of drug-likeness (QED) is 0.614. The minimum absolute atomic E-state index is 0.130. The smallest absolute Gasteiger partial charge is 0.303 e. The third kappa shape index (κ3) is 6.54. The van der Waals surface area contributed by atoms with Gasteiger partial charge in [-0.2, -0.15) is 0 Å². The van der Waals surface area contributed by atoms with Crippen molar-refractivity contribution in [1.82, 2.24) is 4.90 Å². The van der Waals surface area contributed by atoms with Crippen LogP contribution in [0.4, 0.5) is 0 Å². The standard InChI is InChI=1S/C9H19NO3/c1-8(2)10(6-7-11)5-3-4-9(12)13/h8,11H,3-7H2,1-2H3,(H,12,13). The maximum absolute atomic E-state index is 10.2. The number of rotatable bonds is 7. The van der Waals surface area contributed by atoms with Crippen LogP contribution in [-0.4, -0.2) is 46.8 Å². The van der Waals surface area contributed by atoms with E-state index in [0.717, 1.165) is 6.54 Å². The number of aliphatic hydroxyl groups excluding tert-OH is 1. The molecule has 0 heterocycles. The molecule has 2 N–H and O–H groups in total. The lowest BCUT2D eigenvalue weighted by atomic mass is 10.2. The summed E-state index contributed by atoms with van der Waals surface area (Å²) in [6.07, 6.45) is 0.849. The van der Waals surface area contributed by atoms with Gasteiger partial charge in [0.05, 0.1) is 6.61 Å². The van der Waals surface area contributed by atoms with Gasteiger partial charge in [-0.15, -0.1) is 0 Å². The molecule has 0 aromatic heterocycles. The highest BCUT2D eigenvalue weighted by Gasteiger charge is 2.08. The normalized spacial score (nSPS) is 11.2. The Kier molecular flexibility index (Phi) is 6.54. The van der Waals surface area contributed by atoms with E-state index in [9.17, 15) is 4.79 Å². The first-order valence-electron chi connectivity index (χ1n) is 4.64. The van der Waals surface area contributed by atoms with Crippen LogP contribution in [0.5, 0.6) is 0 Å². The van der Waals surface area contributed by atoms with E-state index < -0.39 is 5.97 Å². The molecule has 0 radical (unpaired) electrons. The molecule has 0 atom stereocenters. The Balaban J connectivity index is 3.62. The molecule has 0 spiro atoms. The van der Waals surface area contributed by atoms with Crippen LogP contribution in [0.1, 0.15) is 26.7 Å². The van der Waals surface area contributed by atoms with Gasteiger partial charge in [-0.3, -0.25) is 9.69 Å². The number of carboxylic acids is 1. The fraction of sp³-hybridized carbons (Fsp3) is 0.889. The zero-order valence-electron chi connectivity index (χ0n) is 8.36. The first kappa shape index (κ1) is 12.4. The van der Waals surface area contributed by atoms with Gasteiger partial charge in [0.15, 0.2) is 0 Å². The van der Waals surface area contributed by atoms with Gasteiger partial charge in [-0.05, 0) is 26.8 Å². The van der Waals surface area contributed by atoms with Gasteiger partial charge in [0.25, 0.3) is 0 Å². The third-order valence-electron chi connectivity index (χ3n) is 1.95. The second-order valence-electron chi connectivity index (χ2n) is 3.35. The van der Waals surface area contributed by atoms with Crippen LogP contribution in [0, 0.1) is 0 Å². The monoisotopic (exact) mass is 189 g/mol. The van der Waals surface area contributed by atoms with Gasteiger partial charge >= 0.3 is 5.97 Å². The molecule has 0 aliphatic carbocycles. The van der Waals surface area contributed by atoms with E-state index in [1.165, 1.54) is 0 Å². The van der Waals surface area contributed by atoms with E-state index in [2.05, 4.69) is 4.90 Å². The van der Waals surface area contributed by atoms with Gasteiger partial charge in [0.2, 0.25) is 0 Å². The first-order chi connectivity index (χ1) is 6.07. The van der Waals surface area contributed by atoms with Crippen molar-refractivity contribution in [2.24, 2.45) is 0 Å². The average molecular weight is 189 g/mol. The predicted octanol–water partition coefficient (Wildman–Crippen LogP) is 0.554. The molecule has 0 saturated heterocycles. The van der Waals surface area contributed by atoms with Crippen LogP contribution in [0.25, 0.3) is 0 Å². The van der Waals surface area contributed by atoms with Crippen molar-refractivity contribution in [3.05, 3.63) is 0 Å². The molecule has 0 aliphatic rings. The van der Waals surface area contributed by atoms with Crippen molar-refractivity contribution in [1.29, 1.82) is 0 Å². The molecule has 0 unspecified atom stereocenters. The van der Waals surface area contributed by atoms with Crippen molar-refractivity contribution < 1.29 is 15.0 Å². The summed E-state index contributed by atoms with van der Waals surface area (Å²) >= 11 is 0. The highest BCUT2D eigenvalue weighted by atomic mass is 16.4. The summed E-state index contributed by atoms with van der Waals surface area (Å²) in [7, 11) is 0. The molecule has 0 fully saturated rings. The Hall–Kier alpha value is -0.610. The van der Waals surface area contributed by atoms with E-state index >= 15 is 0 Å². The first-order valence-corrected chi connectivity index (χ1v) is 4.64. The second kappa shape index (κ2) is 6.86. The maximum Gasteiger partial charge on any atom is 0.303 e. The number of hydrogen-bond donors (Lipinski definition) is 2. The lowest BCUT2D eigenvalue weighted by Gasteiger charge is -2.24. The Labute approximate surface area is 79.2 Å². The summed E-state index contributed by atoms with van der Waals surface area (Å²) in [6.45, 7) is 5.57. The Morgan fingerprint density at radius 2 is 2.00 bits per heavy atom. The van der Waals surface area contributed by atoms with Crippen LogP contribution >= 0.6 is 0 Å². The molecule has 0 aliphatic heterocycles. The van der Waals surface area contributed by atoms with E-state index in [4.69, 9.17) is 10.2 Å². The van der Waals surface area contributed by atoms with Crippen molar-refractivity contribution in [2.45, 2.75) is 32.7 Å². The third-order valence-corrected chi connectivity index (χ3v) is 1.95. The van der Waals surface area contributed by atoms with E-state index in [1.54, 1.807) is 0 Å². The average Bonchev–Trinajstić information content (AvgIpc) is 2.02. The molecule has 0 aromatic carbocycles. The summed E-state index contributed by atoms with van der Waals surface area (Å²) in [4.78, 5) is 12.3. The Morgan fingerprint density at radius 1 is 1.38 bits per heavy atom. The lowest BCUT2D eigenvalue weighted by molar-refractivity contribution is -0.137. The maximum atomic E-state index is 10.2. The van der Waals surface area contributed by atoms with E-state index in [-0.39, 0.29) is 13.0 Å². The Morgan fingerprint density at radius 3 is 2.38 bits per heavy atom. The molecule has 0 rings (SSSR count). The van der Waals surface area contributed by atoms with Crippen molar-refractivity contribution in [3.63, 3.8) is 0 Å². The zero-order valence-corrected chi connectivity index (χ0v) is 8.36. The number of nitrogens with zero attached hydrogens (tertiary/aromatic N) is 1. The molecule has 4 heteroatoms. The molecular weight excluding hydrogens is 170 g/mol. The number of carboxylic acid groups (broad SMARTS) is 1. The van der Waals surface area contributed by atoms with Crippen LogP contribution < -0.4 is 0 Å². The fourth-order valence-electron chi connectivity index (χ4n) is 1.19. The molecule has 0 bridgehead atoms. The number of carbonyl (C=O) groups is 1. The summed E-state index contributed by atoms with van der Waals surface area (Å²) in [6, 6.07) is 0.362. The predicted molar refractivity (Wildman–Crippen MR) is 50.7 cm³/mol. The molecule has 78 valence electrons. The van der Waals surface area contributed by atoms with Crippen molar-refractivity contribution in [3.8, 4) is 0 Å². The second-order valence-corrected chi connectivity index (χ2v) is 3.35. The summed E-state index contributed by atoms with van der Waals surface area (Å²) < 4.78 is 0. The van der Waals surface area contributed by atoms with Crippen molar-refractivity contribution >= 4 is 5.97 Å². The van der Waals surface area contributed by atoms with Crippen molar-refractivity contribution in [2.75, 3.05) is 19.7 Å². The van der Waals surface area contributed by atoms with Crippen LogP contribution in [0.3, 0.4) is 0 Å². The number of hydrogen-bond acceptors (Lipinski definition) is 3. The number of aliphatic hydroxyl groups is 1. The van der Waals surface area contributed by atoms with Crippen LogP contribution in [-0.2, 0) is 4.79 Å². The largest absolute Gasteiger partial charge is 0.481 e. The minimum Gasteiger partial charge on any atom is -0.481 e. The lowest BCUT2D eigenvalue weighted by Crippen LogP contribution is -2.34. The molecule has 0 aromatic rings. The molecule has 4 nitrogen and oxygen atoms in total. The summed E-state index contributed by atoms with van der Waals surface area (Å²) in [5, 5.41) is 17.2. The highest BCUT2D eigenvalue weighted by molar-refractivity contribution is 5.66. The van der Waals surface area contributed by atoms with E-state index in [0.29, 0.717) is 19.0 Å². The van der Waals surface area contributed by atoms with E-state index in [1.807, 2.05) is 13.8 Å². The SMILES string of the molecule is CC(C)N(CCO)CCCC(=O)O. The van der Waals surface area contributed by atoms with Gasteiger partial charge in [-0.1, -0.05) is 0 Å². The zero-order chi connectivity index (χ0) is 10.3. The van der Waals surface area contributed by atoms with Gasteiger partial charge in [0.1, 0.15) is 0 Å².